The molecular weight excluding hydrogens is 276 g/mol. The van der Waals surface area contributed by atoms with E-state index in [9.17, 15) is 14.9 Å². The molecule has 2 aromatic rings. The van der Waals surface area contributed by atoms with Gasteiger partial charge in [0.25, 0.3) is 5.70 Å². The van der Waals surface area contributed by atoms with Gasteiger partial charge in [-0.05, 0) is 13.0 Å². The molecule has 0 saturated carbocycles. The van der Waals surface area contributed by atoms with Crippen LogP contribution in [0.15, 0.2) is 47.1 Å². The quantitative estimate of drug-likeness (QED) is 0.276. The Kier molecular flexibility index (Phi) is 4.45. The van der Waals surface area contributed by atoms with Crippen molar-refractivity contribution in [1.82, 2.24) is 0 Å². The van der Waals surface area contributed by atoms with E-state index in [1.807, 2.05) is 0 Å². The minimum absolute atomic E-state index is 0.195. The molecule has 0 unspecified atom stereocenters. The highest BCUT2D eigenvalue weighted by molar-refractivity contribution is 6.11. The number of esters is 1. The largest absolute Gasteiger partial charge is 0.458 e. The molecule has 0 spiro atoms. The van der Waals surface area contributed by atoms with E-state index in [-0.39, 0.29) is 23.9 Å². The van der Waals surface area contributed by atoms with Crippen LogP contribution in [0.25, 0.3) is 11.8 Å². The van der Waals surface area contributed by atoms with Crippen molar-refractivity contribution in [3.05, 3.63) is 58.6 Å². The van der Waals surface area contributed by atoms with E-state index in [4.69, 9.17) is 9.15 Å². The molecule has 2 rings (SSSR count). The van der Waals surface area contributed by atoms with Crippen molar-refractivity contribution in [2.75, 3.05) is 6.61 Å². The number of aromatic nitrogens is 1. The van der Waals surface area contributed by atoms with Gasteiger partial charge in [0.05, 0.1) is 18.7 Å². The molecule has 21 heavy (non-hydrogen) atoms. The number of nitrogens with zero attached hydrogens (tertiary/aromatic N) is 2. The first kappa shape index (κ1) is 14.4. The first-order valence-electron chi connectivity index (χ1n) is 6.21. The van der Waals surface area contributed by atoms with Gasteiger partial charge in [0.15, 0.2) is 12.4 Å². The maximum absolute atomic E-state index is 12.0. The fourth-order valence-electron chi connectivity index (χ4n) is 1.66. The predicted molar refractivity (Wildman–Crippen MR) is 72.8 cm³/mol. The molecule has 2 aromatic heterocycles. The molecule has 7 heteroatoms. The zero-order valence-corrected chi connectivity index (χ0v) is 11.3. The van der Waals surface area contributed by atoms with Crippen molar-refractivity contribution >= 4 is 23.6 Å². The van der Waals surface area contributed by atoms with Crippen molar-refractivity contribution in [2.24, 2.45) is 0 Å². The molecule has 0 saturated heterocycles. The van der Waals surface area contributed by atoms with Crippen LogP contribution in [0.4, 0.5) is 5.88 Å². The summed E-state index contributed by atoms with van der Waals surface area (Å²) in [6, 6.07) is 7.94. The number of ether oxygens (including phenoxy) is 1. The number of carbonyl (C=O) groups excluding carboxylic acids is 1. The first-order chi connectivity index (χ1) is 10.1. The lowest BCUT2D eigenvalue weighted by molar-refractivity contribution is -0.577. The highest BCUT2D eigenvalue weighted by atomic mass is 16.6. The van der Waals surface area contributed by atoms with E-state index in [0.29, 0.717) is 0 Å². The molecule has 7 nitrogen and oxygen atoms in total. The minimum Gasteiger partial charge on any atom is -0.458 e. The van der Waals surface area contributed by atoms with E-state index < -0.39 is 10.9 Å². The second kappa shape index (κ2) is 6.47. The topological polar surface area (TPSA) is 86.5 Å². The van der Waals surface area contributed by atoms with Crippen molar-refractivity contribution in [3.63, 3.8) is 0 Å². The van der Waals surface area contributed by atoms with Crippen LogP contribution < -0.4 is 4.57 Å². The minimum atomic E-state index is -0.642. The van der Waals surface area contributed by atoms with Crippen LogP contribution in [0.3, 0.4) is 0 Å². The molecule has 0 atom stereocenters. The van der Waals surface area contributed by atoms with Crippen molar-refractivity contribution in [2.45, 2.75) is 6.92 Å². The highest BCUT2D eigenvalue weighted by Gasteiger charge is 2.23. The van der Waals surface area contributed by atoms with Gasteiger partial charge in [-0.15, -0.1) is 0 Å². The lowest BCUT2D eigenvalue weighted by Gasteiger charge is -2.01. The van der Waals surface area contributed by atoms with Gasteiger partial charge in [0.2, 0.25) is 0 Å². The van der Waals surface area contributed by atoms with E-state index in [1.165, 1.54) is 18.2 Å². The average Bonchev–Trinajstić information content (AvgIpc) is 2.95. The van der Waals surface area contributed by atoms with Crippen molar-refractivity contribution < 1.29 is 23.4 Å². The normalized spacial score (nSPS) is 11.2. The van der Waals surface area contributed by atoms with Gasteiger partial charge in [-0.3, -0.25) is 10.1 Å². The number of furan rings is 1. The second-order valence-electron chi connectivity index (χ2n) is 3.97. The predicted octanol–water partition coefficient (Wildman–Crippen LogP) is 2.04. The van der Waals surface area contributed by atoms with E-state index in [0.717, 1.165) is 0 Å². The molecule has 0 amide bonds. The summed E-state index contributed by atoms with van der Waals surface area (Å²) in [5, 5.41) is 10.6. The lowest BCUT2D eigenvalue weighted by atomic mass is 10.3. The Morgan fingerprint density at radius 2 is 2.10 bits per heavy atom. The Hall–Kier alpha value is -2.96. The average molecular weight is 289 g/mol. The first-order valence-corrected chi connectivity index (χ1v) is 6.21. The number of hydrogen-bond acceptors (Lipinski definition) is 5. The van der Waals surface area contributed by atoms with Gasteiger partial charge >= 0.3 is 11.9 Å². The Labute approximate surface area is 120 Å². The summed E-state index contributed by atoms with van der Waals surface area (Å²) in [4.78, 5) is 22.0. The maximum Gasteiger partial charge on any atom is 0.433 e. The summed E-state index contributed by atoms with van der Waals surface area (Å²) >= 11 is 0. The maximum atomic E-state index is 12.0. The zero-order valence-electron chi connectivity index (χ0n) is 11.3. The summed E-state index contributed by atoms with van der Waals surface area (Å²) in [5.74, 6) is -0.739. The monoisotopic (exact) mass is 289 g/mol. The van der Waals surface area contributed by atoms with Crippen LogP contribution in [-0.2, 0) is 9.53 Å². The second-order valence-corrected chi connectivity index (χ2v) is 3.97. The number of rotatable bonds is 5. The van der Waals surface area contributed by atoms with E-state index in [1.54, 1.807) is 42.1 Å². The van der Waals surface area contributed by atoms with E-state index >= 15 is 0 Å². The van der Waals surface area contributed by atoms with Crippen LogP contribution >= 0.6 is 0 Å². The third-order valence-electron chi connectivity index (χ3n) is 2.55. The molecule has 0 radical (unpaired) electrons. The molecule has 0 N–H and O–H groups in total. The molecule has 0 fully saturated rings. The smallest absolute Gasteiger partial charge is 0.433 e. The Morgan fingerprint density at radius 3 is 2.67 bits per heavy atom. The van der Waals surface area contributed by atoms with Gasteiger partial charge in [-0.2, -0.15) is 4.57 Å². The summed E-state index contributed by atoms with van der Waals surface area (Å²) in [5.41, 5.74) is 0.196. The van der Waals surface area contributed by atoms with Crippen LogP contribution in [0, 0.1) is 10.1 Å². The number of carbonyl (C=O) groups is 1. The SMILES string of the molecule is CCOC(=O)/C(=C\c1ccc([N+](=O)[O-])o1)[n+]1ccccc1. The molecule has 0 aliphatic rings. The van der Waals surface area contributed by atoms with Crippen LogP contribution in [0.2, 0.25) is 0 Å². The van der Waals surface area contributed by atoms with Crippen molar-refractivity contribution in [3.8, 4) is 0 Å². The van der Waals surface area contributed by atoms with E-state index in [2.05, 4.69) is 0 Å². The van der Waals surface area contributed by atoms with Gasteiger partial charge in [0.1, 0.15) is 10.7 Å². The fourth-order valence-corrected chi connectivity index (χ4v) is 1.66. The van der Waals surface area contributed by atoms with Gasteiger partial charge < -0.3 is 9.15 Å². The molecule has 0 aliphatic carbocycles. The van der Waals surface area contributed by atoms with Crippen LogP contribution in [0.5, 0.6) is 0 Å². The molecule has 108 valence electrons. The standard InChI is InChI=1S/C14H13N2O5/c1-2-20-14(17)12(15-8-4-3-5-9-15)10-11-6-7-13(21-11)16(18)19/h3-10H,2H2,1H3/q+1/b12-10+. The molecule has 2 heterocycles. The summed E-state index contributed by atoms with van der Waals surface area (Å²) < 4.78 is 11.6. The Bertz CT molecular complexity index is 676. The fraction of sp³-hybridized carbons (Fsp3) is 0.143. The van der Waals surface area contributed by atoms with Gasteiger partial charge in [0, 0.05) is 12.1 Å². The Morgan fingerprint density at radius 1 is 1.38 bits per heavy atom. The number of nitro groups is 1. The molecular formula is C14H13N2O5+. The number of hydrogen-bond donors (Lipinski definition) is 0. The van der Waals surface area contributed by atoms with Crippen LogP contribution in [0.1, 0.15) is 12.7 Å². The summed E-state index contributed by atoms with van der Waals surface area (Å²) in [6.45, 7) is 1.92. The Balaban J connectivity index is 2.40. The van der Waals surface area contributed by atoms with Crippen molar-refractivity contribution in [1.29, 1.82) is 0 Å². The zero-order chi connectivity index (χ0) is 15.2. The lowest BCUT2D eigenvalue weighted by Crippen LogP contribution is -2.36. The molecule has 0 aromatic carbocycles. The molecule has 0 bridgehead atoms. The highest BCUT2D eigenvalue weighted by Crippen LogP contribution is 2.18. The van der Waals surface area contributed by atoms with Crippen LogP contribution in [-0.4, -0.2) is 17.5 Å². The number of pyridine rings is 1. The third-order valence-corrected chi connectivity index (χ3v) is 2.55. The van der Waals surface area contributed by atoms with Gasteiger partial charge in [-0.1, -0.05) is 6.07 Å². The summed E-state index contributed by atoms with van der Waals surface area (Å²) in [7, 11) is 0. The van der Waals surface area contributed by atoms with Gasteiger partial charge in [-0.25, -0.2) is 4.79 Å². The molecule has 0 aliphatic heterocycles. The summed E-state index contributed by atoms with van der Waals surface area (Å²) in [6.07, 6.45) is 4.73. The third kappa shape index (κ3) is 3.53.